The third-order valence-electron chi connectivity index (χ3n) is 4.62. The van der Waals surface area contributed by atoms with Crippen molar-refractivity contribution in [3.8, 4) is 0 Å². The summed E-state index contributed by atoms with van der Waals surface area (Å²) in [6.45, 7) is 2.48. The van der Waals surface area contributed by atoms with E-state index in [1.807, 2.05) is 42.2 Å². The first kappa shape index (κ1) is 12.2. The lowest BCUT2D eigenvalue weighted by Gasteiger charge is -2.36. The summed E-state index contributed by atoms with van der Waals surface area (Å²) in [6, 6.07) is 10.00. The van der Waals surface area contributed by atoms with Gasteiger partial charge < -0.3 is 10.1 Å². The second-order valence-corrected chi connectivity index (χ2v) is 5.50. The molecule has 1 heterocycles. The number of amides is 1. The highest BCUT2D eigenvalue weighted by molar-refractivity contribution is 6.15. The molecule has 4 nitrogen and oxygen atoms in total. The van der Waals surface area contributed by atoms with Crippen LogP contribution in [0.4, 0.5) is 0 Å². The molecule has 0 bridgehead atoms. The van der Waals surface area contributed by atoms with Gasteiger partial charge in [-0.25, -0.2) is 0 Å². The third kappa shape index (κ3) is 1.66. The van der Waals surface area contributed by atoms with E-state index in [1.54, 1.807) is 0 Å². The first-order valence-corrected chi connectivity index (χ1v) is 6.76. The highest BCUT2D eigenvalue weighted by Gasteiger charge is 2.56. The van der Waals surface area contributed by atoms with Crippen LogP contribution in [-0.2, 0) is 4.79 Å². The lowest BCUT2D eigenvalue weighted by molar-refractivity contribution is -0.140. The Morgan fingerprint density at radius 2 is 2.00 bits per heavy atom. The van der Waals surface area contributed by atoms with Crippen molar-refractivity contribution in [1.82, 2.24) is 4.90 Å². The SMILES string of the molecule is CC(c1ccccc1)N1C/C(=N\O)C2(CCC2)C1=O. The fraction of sp³-hybridized carbons (Fsp3) is 0.467. The van der Waals surface area contributed by atoms with Crippen molar-refractivity contribution in [2.45, 2.75) is 32.2 Å². The van der Waals surface area contributed by atoms with E-state index in [4.69, 9.17) is 5.21 Å². The molecule has 2 aliphatic rings. The van der Waals surface area contributed by atoms with E-state index in [2.05, 4.69) is 5.16 Å². The number of oxime groups is 1. The highest BCUT2D eigenvalue weighted by Crippen LogP contribution is 2.49. The molecule has 3 rings (SSSR count). The number of carbonyl (C=O) groups is 1. The van der Waals surface area contributed by atoms with Gasteiger partial charge in [0.15, 0.2) is 0 Å². The molecule has 4 heteroatoms. The van der Waals surface area contributed by atoms with Crippen molar-refractivity contribution < 1.29 is 10.0 Å². The van der Waals surface area contributed by atoms with Crippen molar-refractivity contribution in [1.29, 1.82) is 0 Å². The predicted octanol–water partition coefficient (Wildman–Crippen LogP) is 2.59. The average Bonchev–Trinajstić information content (AvgIpc) is 2.71. The number of nitrogens with zero attached hydrogens (tertiary/aromatic N) is 2. The summed E-state index contributed by atoms with van der Waals surface area (Å²) in [5, 5.41) is 12.6. The van der Waals surface area contributed by atoms with Gasteiger partial charge in [0, 0.05) is 0 Å². The topological polar surface area (TPSA) is 52.9 Å². The second-order valence-electron chi connectivity index (χ2n) is 5.50. The van der Waals surface area contributed by atoms with Crippen LogP contribution in [0.5, 0.6) is 0 Å². The predicted molar refractivity (Wildman–Crippen MR) is 72.1 cm³/mol. The molecule has 2 fully saturated rings. The number of benzene rings is 1. The van der Waals surface area contributed by atoms with Crippen LogP contribution in [0.3, 0.4) is 0 Å². The molecule has 1 amide bonds. The third-order valence-corrected chi connectivity index (χ3v) is 4.62. The number of hydrogen-bond donors (Lipinski definition) is 1. The molecule has 1 N–H and O–H groups in total. The Kier molecular flexibility index (Phi) is 2.81. The van der Waals surface area contributed by atoms with Crippen molar-refractivity contribution >= 4 is 11.6 Å². The maximum Gasteiger partial charge on any atom is 0.235 e. The normalized spacial score (nSPS) is 24.8. The molecule has 1 unspecified atom stereocenters. The Labute approximate surface area is 112 Å². The molecule has 1 saturated heterocycles. The van der Waals surface area contributed by atoms with Gasteiger partial charge in [-0.2, -0.15) is 0 Å². The van der Waals surface area contributed by atoms with Gasteiger partial charge in [0.1, 0.15) is 0 Å². The summed E-state index contributed by atoms with van der Waals surface area (Å²) in [4.78, 5) is 14.5. The summed E-state index contributed by atoms with van der Waals surface area (Å²) < 4.78 is 0. The van der Waals surface area contributed by atoms with E-state index >= 15 is 0 Å². The zero-order valence-electron chi connectivity index (χ0n) is 11.0. The smallest absolute Gasteiger partial charge is 0.235 e. The van der Waals surface area contributed by atoms with Gasteiger partial charge in [-0.3, -0.25) is 4.79 Å². The minimum atomic E-state index is -0.488. The molecular formula is C15H18N2O2. The van der Waals surface area contributed by atoms with E-state index in [0.29, 0.717) is 12.3 Å². The number of carbonyl (C=O) groups excluding carboxylic acids is 1. The summed E-state index contributed by atoms with van der Waals surface area (Å²) >= 11 is 0. The van der Waals surface area contributed by atoms with Gasteiger partial charge in [-0.05, 0) is 25.3 Å². The Morgan fingerprint density at radius 3 is 2.47 bits per heavy atom. The van der Waals surface area contributed by atoms with Gasteiger partial charge in [-0.15, -0.1) is 0 Å². The summed E-state index contributed by atoms with van der Waals surface area (Å²) in [7, 11) is 0. The summed E-state index contributed by atoms with van der Waals surface area (Å²) in [5.74, 6) is 0.128. The van der Waals surface area contributed by atoms with Gasteiger partial charge >= 0.3 is 0 Å². The van der Waals surface area contributed by atoms with Crippen molar-refractivity contribution in [3.05, 3.63) is 35.9 Å². The van der Waals surface area contributed by atoms with Crippen molar-refractivity contribution in [2.24, 2.45) is 10.6 Å². The van der Waals surface area contributed by atoms with Gasteiger partial charge in [-0.1, -0.05) is 41.9 Å². The van der Waals surface area contributed by atoms with Crippen LogP contribution in [0.1, 0.15) is 37.8 Å². The Bertz CT molecular complexity index is 520. The Hall–Kier alpha value is -1.84. The van der Waals surface area contributed by atoms with Gasteiger partial charge in [0.2, 0.25) is 5.91 Å². The standard InChI is InChI=1S/C15H18N2O2/c1-11(12-6-3-2-4-7-12)17-10-13(16-19)15(14(17)18)8-5-9-15/h2-4,6-7,11,19H,5,8-10H2,1H3/b16-13+. The van der Waals surface area contributed by atoms with Crippen LogP contribution in [0, 0.1) is 5.41 Å². The number of likely N-dealkylation sites (tertiary alicyclic amines) is 1. The molecule has 1 atom stereocenters. The quantitative estimate of drug-likeness (QED) is 0.655. The first-order valence-electron chi connectivity index (χ1n) is 6.76. The summed E-state index contributed by atoms with van der Waals surface area (Å²) in [5.41, 5.74) is 1.27. The molecule has 0 aromatic heterocycles. The number of hydrogen-bond acceptors (Lipinski definition) is 3. The van der Waals surface area contributed by atoms with Crippen LogP contribution < -0.4 is 0 Å². The highest BCUT2D eigenvalue weighted by atomic mass is 16.4. The largest absolute Gasteiger partial charge is 0.411 e. The van der Waals surface area contributed by atoms with Crippen LogP contribution in [-0.4, -0.2) is 28.3 Å². The fourth-order valence-electron chi connectivity index (χ4n) is 3.17. The van der Waals surface area contributed by atoms with Crippen LogP contribution >= 0.6 is 0 Å². The van der Waals surface area contributed by atoms with Crippen LogP contribution in [0.2, 0.25) is 0 Å². The molecule has 1 aromatic rings. The van der Waals surface area contributed by atoms with Gasteiger partial charge in [0.25, 0.3) is 0 Å². The average molecular weight is 258 g/mol. The lowest BCUT2D eigenvalue weighted by Crippen LogP contribution is -2.43. The van der Waals surface area contributed by atoms with Crippen LogP contribution in [0.15, 0.2) is 35.5 Å². The minimum Gasteiger partial charge on any atom is -0.411 e. The molecule has 1 saturated carbocycles. The molecular weight excluding hydrogens is 240 g/mol. The molecule has 1 spiro atoms. The molecule has 100 valence electrons. The summed E-state index contributed by atoms with van der Waals surface area (Å²) in [6.07, 6.45) is 2.69. The fourth-order valence-corrected chi connectivity index (χ4v) is 3.17. The molecule has 1 aromatic carbocycles. The first-order chi connectivity index (χ1) is 9.19. The number of rotatable bonds is 2. The minimum absolute atomic E-state index is 0.0189. The second kappa shape index (κ2) is 4.37. The molecule has 1 aliphatic heterocycles. The van der Waals surface area contributed by atoms with E-state index in [-0.39, 0.29) is 11.9 Å². The zero-order valence-corrected chi connectivity index (χ0v) is 11.0. The van der Waals surface area contributed by atoms with Crippen molar-refractivity contribution in [2.75, 3.05) is 6.54 Å². The molecule has 1 aliphatic carbocycles. The lowest BCUT2D eigenvalue weighted by atomic mass is 9.66. The Balaban J connectivity index is 1.89. The van der Waals surface area contributed by atoms with Crippen LogP contribution in [0.25, 0.3) is 0 Å². The van der Waals surface area contributed by atoms with E-state index in [0.717, 1.165) is 24.8 Å². The monoisotopic (exact) mass is 258 g/mol. The molecule has 19 heavy (non-hydrogen) atoms. The zero-order chi connectivity index (χ0) is 13.5. The van der Waals surface area contributed by atoms with E-state index in [1.165, 1.54) is 0 Å². The Morgan fingerprint density at radius 1 is 1.32 bits per heavy atom. The van der Waals surface area contributed by atoms with E-state index in [9.17, 15) is 4.79 Å². The van der Waals surface area contributed by atoms with Crippen molar-refractivity contribution in [3.63, 3.8) is 0 Å². The van der Waals surface area contributed by atoms with E-state index < -0.39 is 5.41 Å². The maximum absolute atomic E-state index is 12.6. The van der Waals surface area contributed by atoms with Gasteiger partial charge in [0.05, 0.1) is 23.7 Å². The molecule has 0 radical (unpaired) electrons. The maximum atomic E-state index is 12.6.